The summed E-state index contributed by atoms with van der Waals surface area (Å²) in [5.41, 5.74) is 7.33. The predicted molar refractivity (Wildman–Crippen MR) is 229 cm³/mol. The second-order valence-electron chi connectivity index (χ2n) is 17.5. The van der Waals surface area contributed by atoms with Gasteiger partial charge in [0.25, 0.3) is 5.91 Å². The fourth-order valence-electron chi connectivity index (χ4n) is 8.57. The molecule has 3 fully saturated rings. The van der Waals surface area contributed by atoms with Gasteiger partial charge in [0, 0.05) is 78.9 Å². The summed E-state index contributed by atoms with van der Waals surface area (Å²) >= 11 is 0. The van der Waals surface area contributed by atoms with Crippen LogP contribution in [0.15, 0.2) is 77.7 Å². The number of fused-ring (bicyclic) bond motifs is 1. The number of carbonyl (C=O) groups is 3. The highest BCUT2D eigenvalue weighted by molar-refractivity contribution is 6.00. The molecular weight excluding hydrogens is 773 g/mol. The summed E-state index contributed by atoms with van der Waals surface area (Å²) in [6.45, 7) is 13.7. The molecule has 0 bridgehead atoms. The zero-order valence-electron chi connectivity index (χ0n) is 35.1. The number of nitrogens with zero attached hydrogens (tertiary/aromatic N) is 7. The van der Waals surface area contributed by atoms with Gasteiger partial charge in [-0.2, -0.15) is 4.98 Å². The number of aromatic nitrogens is 6. The van der Waals surface area contributed by atoms with Crippen molar-refractivity contribution in [2.24, 2.45) is 0 Å². The number of piperazine rings is 1. The van der Waals surface area contributed by atoms with Gasteiger partial charge in [-0.25, -0.2) is 15.0 Å². The molecule has 6 aromatic rings. The van der Waals surface area contributed by atoms with Crippen molar-refractivity contribution in [3.63, 3.8) is 0 Å². The number of hydrogen-bond acceptors (Lipinski definition) is 12. The van der Waals surface area contributed by atoms with Crippen molar-refractivity contribution in [1.82, 2.24) is 45.6 Å². The van der Waals surface area contributed by atoms with Crippen molar-refractivity contribution in [3.05, 3.63) is 102 Å². The molecule has 6 heterocycles. The van der Waals surface area contributed by atoms with Crippen LogP contribution < -0.4 is 20.3 Å². The molecule has 4 aromatic heterocycles. The maximum atomic E-state index is 12.9. The second kappa shape index (κ2) is 16.2. The maximum Gasteiger partial charge on any atom is 0.315 e. The Labute approximate surface area is 353 Å². The van der Waals surface area contributed by atoms with Gasteiger partial charge >= 0.3 is 11.8 Å². The number of pyridine rings is 1. The highest BCUT2D eigenvalue weighted by Crippen LogP contribution is 2.41. The van der Waals surface area contributed by atoms with Crippen LogP contribution in [0, 0.1) is 6.92 Å². The molecule has 15 heteroatoms. The minimum atomic E-state index is -0.623. The molecule has 15 nitrogen and oxygen atoms in total. The van der Waals surface area contributed by atoms with Crippen LogP contribution >= 0.6 is 0 Å². The van der Waals surface area contributed by atoms with Crippen LogP contribution in [0.25, 0.3) is 33.5 Å². The lowest BCUT2D eigenvalue weighted by atomic mass is 9.75. The molecule has 61 heavy (non-hydrogen) atoms. The summed E-state index contributed by atoms with van der Waals surface area (Å²) in [6, 6.07) is 20.8. The third-order valence-electron chi connectivity index (χ3n) is 12.2. The third-order valence-corrected chi connectivity index (χ3v) is 12.2. The summed E-state index contributed by atoms with van der Waals surface area (Å²) in [4.78, 5) is 63.3. The van der Waals surface area contributed by atoms with Crippen LogP contribution in [-0.2, 0) is 15.0 Å². The topological polar surface area (TPSA) is 184 Å². The molecule has 1 aliphatic carbocycles. The monoisotopic (exact) mass is 822 g/mol. The van der Waals surface area contributed by atoms with Gasteiger partial charge in [-0.1, -0.05) is 50.2 Å². The molecule has 1 saturated carbocycles. The van der Waals surface area contributed by atoms with Gasteiger partial charge in [0.15, 0.2) is 11.9 Å². The van der Waals surface area contributed by atoms with Crippen molar-refractivity contribution >= 4 is 34.6 Å². The van der Waals surface area contributed by atoms with Crippen LogP contribution in [0.4, 0.5) is 5.82 Å². The fourth-order valence-corrected chi connectivity index (χ4v) is 8.57. The fraction of sp³-hybridized carbons (Fsp3) is 0.391. The van der Waals surface area contributed by atoms with Crippen LogP contribution in [0.5, 0.6) is 5.75 Å². The molecule has 0 unspecified atom stereocenters. The Morgan fingerprint density at radius 2 is 1.72 bits per heavy atom. The molecule has 2 aliphatic heterocycles. The molecule has 314 valence electrons. The molecule has 9 rings (SSSR count). The van der Waals surface area contributed by atoms with Crippen LogP contribution in [0.2, 0.25) is 0 Å². The second-order valence-corrected chi connectivity index (χ2v) is 17.5. The van der Waals surface area contributed by atoms with Crippen LogP contribution in [0.1, 0.15) is 98.5 Å². The Balaban J connectivity index is 0.783. The highest BCUT2D eigenvalue weighted by Gasteiger charge is 2.36. The predicted octanol–water partition coefficient (Wildman–Crippen LogP) is 6.42. The van der Waals surface area contributed by atoms with E-state index >= 15 is 0 Å². The minimum Gasteiger partial charge on any atom is -0.481 e. The standard InChI is InChI=1S/C46H50N10O5/c1-26-20-29(8-12-34(26)27(2)50-43(59)44-53-45(54-61-44)46(3,4)5)40-35-23-36(51-41(35)49-25-48-40)30-9-14-38(47-24-30)56-18-16-55(17-19-56)32-21-31(22-32)28-6-10-33(11-7-28)60-37-13-15-39(57)52-42(37)58/h6-12,14,20,23-25,27,31-32,37H,13,15-19,21-22H2,1-5H3,(H,50,59)(H,48,49,51)(H,52,57,58)/t27-,31?,32?,37+/m1/s1. The van der Waals surface area contributed by atoms with E-state index in [1.54, 1.807) is 6.33 Å². The van der Waals surface area contributed by atoms with E-state index in [0.29, 0.717) is 36.4 Å². The summed E-state index contributed by atoms with van der Waals surface area (Å²) in [7, 11) is 0. The molecular formula is C46H50N10O5. The van der Waals surface area contributed by atoms with E-state index in [1.165, 1.54) is 5.56 Å². The van der Waals surface area contributed by atoms with Crippen LogP contribution in [-0.4, -0.2) is 91.0 Å². The van der Waals surface area contributed by atoms with Crippen molar-refractivity contribution in [2.75, 3.05) is 31.1 Å². The molecule has 2 atom stereocenters. The van der Waals surface area contributed by atoms with E-state index < -0.39 is 12.0 Å². The molecule has 3 aliphatic rings. The van der Waals surface area contributed by atoms with Crippen LogP contribution in [0.3, 0.4) is 0 Å². The molecule has 2 aromatic carbocycles. The van der Waals surface area contributed by atoms with Gasteiger partial charge in [-0.05, 0) is 85.7 Å². The number of carbonyl (C=O) groups excluding carboxylic acids is 3. The van der Waals surface area contributed by atoms with Gasteiger partial charge in [-0.3, -0.25) is 24.6 Å². The SMILES string of the molecule is Cc1cc(-c2ncnc3[nH]c(-c4ccc(N5CCN(C6CC(c7ccc(O[C@H]8CCC(=O)NC8=O)cc7)C6)CC5)nc4)cc23)ccc1[C@@H](C)NC(=O)c1nc(C(C)(C)C)no1. The quantitative estimate of drug-likeness (QED) is 0.129. The highest BCUT2D eigenvalue weighted by atomic mass is 16.5. The number of benzene rings is 2. The maximum absolute atomic E-state index is 12.9. The molecule has 2 saturated heterocycles. The van der Waals surface area contributed by atoms with E-state index in [4.69, 9.17) is 14.2 Å². The van der Waals surface area contributed by atoms with E-state index in [2.05, 4.69) is 81.9 Å². The number of nitrogens with one attached hydrogen (secondary N) is 3. The van der Waals surface area contributed by atoms with Crippen molar-refractivity contribution in [2.45, 2.75) is 89.8 Å². The first kappa shape index (κ1) is 40.0. The zero-order chi connectivity index (χ0) is 42.4. The Kier molecular flexibility index (Phi) is 10.6. The lowest BCUT2D eigenvalue weighted by Gasteiger charge is -2.47. The van der Waals surface area contributed by atoms with Gasteiger partial charge in [-0.15, -0.1) is 0 Å². The number of H-pyrrole nitrogens is 1. The number of aromatic amines is 1. The molecule has 3 N–H and O–H groups in total. The van der Waals surface area contributed by atoms with Gasteiger partial charge in [0.1, 0.15) is 23.5 Å². The average molecular weight is 823 g/mol. The first-order chi connectivity index (χ1) is 29.4. The average Bonchev–Trinajstić information content (AvgIpc) is 3.92. The van der Waals surface area contributed by atoms with Gasteiger partial charge in [0.05, 0.1) is 11.7 Å². The Morgan fingerprint density at radius 3 is 2.41 bits per heavy atom. The van der Waals surface area contributed by atoms with Gasteiger partial charge < -0.3 is 24.5 Å². The number of imide groups is 1. The summed E-state index contributed by atoms with van der Waals surface area (Å²) in [5.74, 6) is 1.55. The first-order valence-corrected chi connectivity index (χ1v) is 21.0. The van der Waals surface area contributed by atoms with Crippen molar-refractivity contribution in [3.8, 4) is 28.3 Å². The Bertz CT molecular complexity index is 2580. The lowest BCUT2D eigenvalue weighted by molar-refractivity contribution is -0.138. The van der Waals surface area contributed by atoms with E-state index in [1.807, 2.05) is 65.1 Å². The number of aryl methyl sites for hydroxylation is 1. The minimum absolute atomic E-state index is 0.0521. The Hall–Kier alpha value is -6.48. The number of rotatable bonds is 10. The Morgan fingerprint density at radius 1 is 0.951 bits per heavy atom. The van der Waals surface area contributed by atoms with E-state index in [0.717, 1.165) is 89.5 Å². The summed E-state index contributed by atoms with van der Waals surface area (Å²) in [6.07, 6.45) is 5.83. The number of ether oxygens (including phenoxy) is 1. The zero-order valence-corrected chi connectivity index (χ0v) is 35.1. The summed E-state index contributed by atoms with van der Waals surface area (Å²) in [5, 5.41) is 10.2. The number of hydrogen-bond donors (Lipinski definition) is 3. The van der Waals surface area contributed by atoms with E-state index in [9.17, 15) is 14.4 Å². The first-order valence-electron chi connectivity index (χ1n) is 21.0. The lowest BCUT2D eigenvalue weighted by Crippen LogP contribution is -2.53. The van der Waals surface area contributed by atoms with Gasteiger partial charge in [0.2, 0.25) is 5.91 Å². The largest absolute Gasteiger partial charge is 0.481 e. The molecule has 3 amide bonds. The number of amides is 3. The smallest absolute Gasteiger partial charge is 0.315 e. The third kappa shape index (κ3) is 8.34. The van der Waals surface area contributed by atoms with E-state index in [-0.39, 0.29) is 29.2 Å². The van der Waals surface area contributed by atoms with Crippen molar-refractivity contribution in [1.29, 1.82) is 0 Å². The summed E-state index contributed by atoms with van der Waals surface area (Å²) < 4.78 is 11.1. The number of anilines is 1. The normalized spacial score (nSPS) is 20.3. The van der Waals surface area contributed by atoms with Crippen molar-refractivity contribution < 1.29 is 23.6 Å². The number of piperidine rings is 1. The molecule has 0 spiro atoms. The molecule has 0 radical (unpaired) electrons.